The number of hydrogen-bond acceptors (Lipinski definition) is 2. The lowest BCUT2D eigenvalue weighted by atomic mass is 9.90. The lowest BCUT2D eigenvalue weighted by Crippen LogP contribution is -2.15. The minimum Gasteiger partial charge on any atom is -0.492 e. The van der Waals surface area contributed by atoms with Crippen molar-refractivity contribution in [3.05, 3.63) is 28.2 Å². The van der Waals surface area contributed by atoms with Gasteiger partial charge in [0.2, 0.25) is 0 Å². The van der Waals surface area contributed by atoms with Crippen molar-refractivity contribution in [3.63, 3.8) is 0 Å². The molecular formula is C14H16BrNO. The summed E-state index contributed by atoms with van der Waals surface area (Å²) in [6.07, 6.45) is 6.57. The van der Waals surface area contributed by atoms with Crippen LogP contribution in [0.4, 0.5) is 0 Å². The topological polar surface area (TPSA) is 33.0 Å². The molecule has 1 aromatic carbocycles. The third kappa shape index (κ3) is 3.47. The summed E-state index contributed by atoms with van der Waals surface area (Å²) in [7, 11) is 0. The maximum absolute atomic E-state index is 8.85. The molecule has 2 nitrogen and oxygen atoms in total. The van der Waals surface area contributed by atoms with Crippen LogP contribution in [0.15, 0.2) is 22.7 Å². The molecule has 2 rings (SSSR count). The van der Waals surface area contributed by atoms with Crippen molar-refractivity contribution in [3.8, 4) is 11.8 Å². The Kier molecular flexibility index (Phi) is 4.44. The van der Waals surface area contributed by atoms with Crippen LogP contribution in [0, 0.1) is 17.2 Å². The summed E-state index contributed by atoms with van der Waals surface area (Å²) in [6.45, 7) is 0.771. The Balaban J connectivity index is 1.95. The zero-order valence-electron chi connectivity index (χ0n) is 9.79. The molecule has 1 aliphatic rings. The summed E-state index contributed by atoms with van der Waals surface area (Å²) < 4.78 is 6.74. The van der Waals surface area contributed by atoms with Crippen LogP contribution in [0.1, 0.15) is 37.7 Å². The molecule has 0 heterocycles. The standard InChI is InChI=1S/C14H16BrNO/c15-13-7-6-12(9-16)8-14(13)17-10-11-4-2-1-3-5-11/h6-8,11H,1-5,10H2. The van der Waals surface area contributed by atoms with E-state index in [0.717, 1.165) is 16.8 Å². The number of rotatable bonds is 3. The first kappa shape index (κ1) is 12.4. The first-order valence-electron chi connectivity index (χ1n) is 6.12. The number of nitrogens with zero attached hydrogens (tertiary/aromatic N) is 1. The largest absolute Gasteiger partial charge is 0.492 e. The Morgan fingerprint density at radius 2 is 2.06 bits per heavy atom. The minimum absolute atomic E-state index is 0.645. The molecular weight excluding hydrogens is 278 g/mol. The maximum atomic E-state index is 8.85. The number of ether oxygens (including phenoxy) is 1. The molecule has 0 aliphatic heterocycles. The second-order valence-electron chi connectivity index (χ2n) is 4.57. The fourth-order valence-electron chi connectivity index (χ4n) is 2.24. The van der Waals surface area contributed by atoms with Crippen molar-refractivity contribution in [1.29, 1.82) is 5.26 Å². The van der Waals surface area contributed by atoms with Gasteiger partial charge in [0.1, 0.15) is 5.75 Å². The lowest BCUT2D eigenvalue weighted by Gasteiger charge is -2.22. The van der Waals surface area contributed by atoms with Crippen LogP contribution < -0.4 is 4.74 Å². The van der Waals surface area contributed by atoms with E-state index in [4.69, 9.17) is 10.00 Å². The third-order valence-corrected chi connectivity index (χ3v) is 3.91. The van der Waals surface area contributed by atoms with Crippen LogP contribution in [0.3, 0.4) is 0 Å². The predicted molar refractivity (Wildman–Crippen MR) is 70.9 cm³/mol. The van der Waals surface area contributed by atoms with Gasteiger partial charge in [-0.25, -0.2) is 0 Å². The highest BCUT2D eigenvalue weighted by Gasteiger charge is 2.14. The molecule has 0 bridgehead atoms. The smallest absolute Gasteiger partial charge is 0.134 e. The molecule has 0 radical (unpaired) electrons. The van der Waals surface area contributed by atoms with E-state index in [-0.39, 0.29) is 0 Å². The predicted octanol–water partition coefficient (Wildman–Crippen LogP) is 4.28. The second kappa shape index (κ2) is 6.07. The van der Waals surface area contributed by atoms with E-state index in [1.165, 1.54) is 32.1 Å². The molecule has 1 fully saturated rings. The van der Waals surface area contributed by atoms with Gasteiger partial charge in [-0.1, -0.05) is 19.3 Å². The molecule has 0 amide bonds. The molecule has 0 atom stereocenters. The SMILES string of the molecule is N#Cc1ccc(Br)c(OCC2CCCCC2)c1. The van der Waals surface area contributed by atoms with E-state index < -0.39 is 0 Å². The van der Waals surface area contributed by atoms with Crippen molar-refractivity contribution in [2.75, 3.05) is 6.61 Å². The van der Waals surface area contributed by atoms with Gasteiger partial charge >= 0.3 is 0 Å². The number of hydrogen-bond donors (Lipinski definition) is 0. The lowest BCUT2D eigenvalue weighted by molar-refractivity contribution is 0.208. The van der Waals surface area contributed by atoms with Crippen LogP contribution in [0.2, 0.25) is 0 Å². The summed E-state index contributed by atoms with van der Waals surface area (Å²) >= 11 is 3.45. The van der Waals surface area contributed by atoms with Crippen molar-refractivity contribution in [2.24, 2.45) is 5.92 Å². The van der Waals surface area contributed by atoms with E-state index in [9.17, 15) is 0 Å². The van der Waals surface area contributed by atoms with Crippen molar-refractivity contribution < 1.29 is 4.74 Å². The molecule has 0 spiro atoms. The summed E-state index contributed by atoms with van der Waals surface area (Å²) in [5.74, 6) is 1.47. The highest BCUT2D eigenvalue weighted by Crippen LogP contribution is 2.29. The van der Waals surface area contributed by atoms with Crippen LogP contribution in [0.5, 0.6) is 5.75 Å². The fraction of sp³-hybridized carbons (Fsp3) is 0.500. The van der Waals surface area contributed by atoms with Crippen LogP contribution >= 0.6 is 15.9 Å². The van der Waals surface area contributed by atoms with Crippen molar-refractivity contribution in [1.82, 2.24) is 0 Å². The highest BCUT2D eigenvalue weighted by molar-refractivity contribution is 9.10. The average molecular weight is 294 g/mol. The molecule has 90 valence electrons. The monoisotopic (exact) mass is 293 g/mol. The number of nitriles is 1. The zero-order valence-corrected chi connectivity index (χ0v) is 11.4. The van der Waals surface area contributed by atoms with Crippen LogP contribution in [0.25, 0.3) is 0 Å². The van der Waals surface area contributed by atoms with Crippen molar-refractivity contribution in [2.45, 2.75) is 32.1 Å². The molecule has 1 saturated carbocycles. The first-order chi connectivity index (χ1) is 8.29. The van der Waals surface area contributed by atoms with Gasteiger partial charge in [-0.3, -0.25) is 0 Å². The third-order valence-electron chi connectivity index (χ3n) is 3.26. The molecule has 0 unspecified atom stereocenters. The second-order valence-corrected chi connectivity index (χ2v) is 5.43. The Labute approximate surface area is 111 Å². The van der Waals surface area contributed by atoms with E-state index in [2.05, 4.69) is 22.0 Å². The van der Waals surface area contributed by atoms with Gasteiger partial charge in [0.25, 0.3) is 0 Å². The molecule has 0 aromatic heterocycles. The van der Waals surface area contributed by atoms with Gasteiger partial charge in [-0.15, -0.1) is 0 Å². The average Bonchev–Trinajstić information content (AvgIpc) is 2.39. The molecule has 1 aliphatic carbocycles. The van der Waals surface area contributed by atoms with E-state index in [1.54, 1.807) is 12.1 Å². The fourth-order valence-corrected chi connectivity index (χ4v) is 2.61. The maximum Gasteiger partial charge on any atom is 0.134 e. The Morgan fingerprint density at radius 3 is 2.76 bits per heavy atom. The molecule has 3 heteroatoms. The van der Waals surface area contributed by atoms with Gasteiger partial charge in [0, 0.05) is 0 Å². The molecule has 17 heavy (non-hydrogen) atoms. The van der Waals surface area contributed by atoms with Crippen LogP contribution in [-0.2, 0) is 0 Å². The molecule has 0 saturated heterocycles. The van der Waals surface area contributed by atoms with Crippen LogP contribution in [-0.4, -0.2) is 6.61 Å². The summed E-state index contributed by atoms with van der Waals surface area (Å²) in [5.41, 5.74) is 0.645. The quantitative estimate of drug-likeness (QED) is 0.833. The first-order valence-corrected chi connectivity index (χ1v) is 6.91. The van der Waals surface area contributed by atoms with Gasteiger partial charge < -0.3 is 4.74 Å². The molecule has 1 aromatic rings. The summed E-state index contributed by atoms with van der Waals surface area (Å²) in [5, 5.41) is 8.85. The minimum atomic E-state index is 0.645. The number of halogens is 1. The van der Waals surface area contributed by atoms with Gasteiger partial charge in [0.05, 0.1) is 22.7 Å². The normalized spacial score (nSPS) is 16.5. The highest BCUT2D eigenvalue weighted by atomic mass is 79.9. The summed E-state index contributed by atoms with van der Waals surface area (Å²) in [6, 6.07) is 7.59. The zero-order chi connectivity index (χ0) is 12.1. The molecule has 0 N–H and O–H groups in total. The Hall–Kier alpha value is -1.01. The van der Waals surface area contributed by atoms with Crippen molar-refractivity contribution >= 4 is 15.9 Å². The van der Waals surface area contributed by atoms with E-state index in [0.29, 0.717) is 11.5 Å². The van der Waals surface area contributed by atoms with Gasteiger partial charge in [0.15, 0.2) is 0 Å². The Bertz CT molecular complexity index is 419. The van der Waals surface area contributed by atoms with E-state index >= 15 is 0 Å². The van der Waals surface area contributed by atoms with Gasteiger partial charge in [-0.2, -0.15) is 5.26 Å². The Morgan fingerprint density at radius 1 is 1.29 bits per heavy atom. The number of benzene rings is 1. The van der Waals surface area contributed by atoms with E-state index in [1.807, 2.05) is 6.07 Å². The summed E-state index contributed by atoms with van der Waals surface area (Å²) in [4.78, 5) is 0. The van der Waals surface area contributed by atoms with Gasteiger partial charge in [-0.05, 0) is 52.9 Å².